The van der Waals surface area contributed by atoms with Crippen molar-refractivity contribution in [1.82, 2.24) is 5.32 Å². The van der Waals surface area contributed by atoms with E-state index in [1.165, 1.54) is 32.1 Å². The van der Waals surface area contributed by atoms with Crippen LogP contribution in [0.3, 0.4) is 0 Å². The van der Waals surface area contributed by atoms with Crippen LogP contribution in [0.5, 0.6) is 0 Å². The van der Waals surface area contributed by atoms with E-state index >= 15 is 0 Å². The molecule has 3 saturated carbocycles. The number of hydrogen-bond donors (Lipinski definition) is 2. The zero-order valence-corrected chi connectivity index (χ0v) is 8.46. The first-order valence-corrected chi connectivity index (χ1v) is 5.78. The monoisotopic (exact) mass is 194 g/mol. The van der Waals surface area contributed by atoms with E-state index in [1.54, 1.807) is 0 Å². The van der Waals surface area contributed by atoms with Crippen LogP contribution in [0, 0.1) is 11.8 Å². The Kier molecular flexibility index (Phi) is 1.69. The van der Waals surface area contributed by atoms with Crippen LogP contribution in [-0.2, 0) is 4.79 Å². The molecule has 0 saturated heterocycles. The Morgan fingerprint density at radius 3 is 2.50 bits per heavy atom. The average molecular weight is 194 g/mol. The molecule has 3 N–H and O–H groups in total. The molecule has 3 atom stereocenters. The molecule has 3 heteroatoms. The quantitative estimate of drug-likeness (QED) is 0.697. The highest BCUT2D eigenvalue weighted by Gasteiger charge is 2.56. The number of hydrogen-bond acceptors (Lipinski definition) is 2. The fourth-order valence-electron chi connectivity index (χ4n) is 3.47. The maximum Gasteiger partial charge on any atom is 0.238 e. The van der Waals surface area contributed by atoms with Crippen molar-refractivity contribution < 1.29 is 4.79 Å². The lowest BCUT2D eigenvalue weighted by molar-refractivity contribution is -0.126. The predicted octanol–water partition coefficient (Wildman–Crippen LogP) is 0.782. The summed E-state index contributed by atoms with van der Waals surface area (Å²) < 4.78 is 0. The van der Waals surface area contributed by atoms with Crippen LogP contribution in [0.4, 0.5) is 0 Å². The fourth-order valence-corrected chi connectivity index (χ4v) is 3.47. The number of rotatable bonds is 3. The number of amides is 1. The van der Waals surface area contributed by atoms with Gasteiger partial charge in [-0.15, -0.1) is 0 Å². The summed E-state index contributed by atoms with van der Waals surface area (Å²) >= 11 is 0. The second-order valence-electron chi connectivity index (χ2n) is 5.33. The van der Waals surface area contributed by atoms with Crippen LogP contribution >= 0.6 is 0 Å². The van der Waals surface area contributed by atoms with Crippen molar-refractivity contribution in [2.75, 3.05) is 0 Å². The molecule has 3 aliphatic rings. The Bertz CT molecular complexity index is 274. The van der Waals surface area contributed by atoms with Crippen molar-refractivity contribution in [2.45, 2.75) is 50.1 Å². The minimum absolute atomic E-state index is 0.100. The molecule has 3 nitrogen and oxygen atoms in total. The highest BCUT2D eigenvalue weighted by atomic mass is 16.1. The molecular formula is C11H18N2O. The molecule has 0 radical (unpaired) electrons. The zero-order valence-electron chi connectivity index (χ0n) is 8.46. The van der Waals surface area contributed by atoms with E-state index in [-0.39, 0.29) is 11.4 Å². The smallest absolute Gasteiger partial charge is 0.238 e. The summed E-state index contributed by atoms with van der Waals surface area (Å²) in [6, 6.07) is 0.585. The average Bonchev–Trinajstić information content (AvgIpc) is 2.74. The lowest BCUT2D eigenvalue weighted by Gasteiger charge is -2.35. The minimum atomic E-state index is -0.315. The largest absolute Gasteiger partial charge is 0.368 e. The van der Waals surface area contributed by atoms with Gasteiger partial charge in [-0.2, -0.15) is 0 Å². The van der Waals surface area contributed by atoms with Crippen molar-refractivity contribution in [1.29, 1.82) is 0 Å². The SMILES string of the molecule is NC(=O)C1(NC2CC2)CC2CCC1C2. The van der Waals surface area contributed by atoms with Crippen molar-refractivity contribution in [3.63, 3.8) is 0 Å². The van der Waals surface area contributed by atoms with Gasteiger partial charge in [-0.05, 0) is 43.9 Å². The summed E-state index contributed by atoms with van der Waals surface area (Å²) in [5.74, 6) is 1.20. The van der Waals surface area contributed by atoms with E-state index in [4.69, 9.17) is 5.73 Å². The highest BCUT2D eigenvalue weighted by molar-refractivity contribution is 5.86. The van der Waals surface area contributed by atoms with Gasteiger partial charge in [0.2, 0.25) is 5.91 Å². The van der Waals surface area contributed by atoms with E-state index in [0.29, 0.717) is 12.0 Å². The first kappa shape index (κ1) is 8.72. The van der Waals surface area contributed by atoms with Crippen LogP contribution in [0.25, 0.3) is 0 Å². The maximum atomic E-state index is 11.6. The summed E-state index contributed by atoms with van der Waals surface area (Å²) in [5.41, 5.74) is 5.28. The standard InChI is InChI=1S/C11H18N2O/c12-10(14)11(13-9-3-4-9)6-7-1-2-8(11)5-7/h7-9,13H,1-6H2,(H2,12,14). The Morgan fingerprint density at radius 2 is 2.07 bits per heavy atom. The van der Waals surface area contributed by atoms with E-state index in [9.17, 15) is 4.79 Å². The summed E-state index contributed by atoms with van der Waals surface area (Å²) in [4.78, 5) is 11.6. The molecule has 0 aromatic heterocycles. The molecule has 0 aliphatic heterocycles. The van der Waals surface area contributed by atoms with Gasteiger partial charge in [-0.25, -0.2) is 0 Å². The number of nitrogens with two attached hydrogens (primary N) is 1. The van der Waals surface area contributed by atoms with Crippen molar-refractivity contribution in [2.24, 2.45) is 17.6 Å². The van der Waals surface area contributed by atoms with Gasteiger partial charge in [-0.3, -0.25) is 4.79 Å². The first-order chi connectivity index (χ1) is 6.71. The topological polar surface area (TPSA) is 55.1 Å². The van der Waals surface area contributed by atoms with Gasteiger partial charge in [0, 0.05) is 6.04 Å². The molecule has 2 bridgehead atoms. The van der Waals surface area contributed by atoms with E-state index in [1.807, 2.05) is 0 Å². The van der Waals surface area contributed by atoms with Gasteiger partial charge in [0.05, 0.1) is 0 Å². The Morgan fingerprint density at radius 1 is 1.29 bits per heavy atom. The maximum absolute atomic E-state index is 11.6. The summed E-state index contributed by atoms with van der Waals surface area (Å²) in [5, 5.41) is 3.52. The van der Waals surface area contributed by atoms with Crippen LogP contribution in [-0.4, -0.2) is 17.5 Å². The molecule has 0 spiro atoms. The van der Waals surface area contributed by atoms with Crippen LogP contribution < -0.4 is 11.1 Å². The van der Waals surface area contributed by atoms with Crippen molar-refractivity contribution in [3.8, 4) is 0 Å². The van der Waals surface area contributed by atoms with Gasteiger partial charge in [-0.1, -0.05) is 6.42 Å². The van der Waals surface area contributed by atoms with Crippen molar-refractivity contribution >= 4 is 5.91 Å². The number of carbonyl (C=O) groups excluding carboxylic acids is 1. The van der Waals surface area contributed by atoms with Crippen LogP contribution in [0.15, 0.2) is 0 Å². The van der Waals surface area contributed by atoms with E-state index in [2.05, 4.69) is 5.32 Å². The summed E-state index contributed by atoms with van der Waals surface area (Å²) in [6.45, 7) is 0. The lowest BCUT2D eigenvalue weighted by Crippen LogP contribution is -2.59. The molecule has 3 unspecified atom stereocenters. The first-order valence-electron chi connectivity index (χ1n) is 5.78. The molecule has 1 amide bonds. The third kappa shape index (κ3) is 1.11. The third-order valence-electron chi connectivity index (χ3n) is 4.33. The molecule has 0 heterocycles. The van der Waals surface area contributed by atoms with Gasteiger partial charge in [0.15, 0.2) is 0 Å². The molecule has 14 heavy (non-hydrogen) atoms. The summed E-state index contributed by atoms with van der Waals surface area (Å²) in [6.07, 6.45) is 7.20. The predicted molar refractivity (Wildman–Crippen MR) is 53.5 cm³/mol. The number of fused-ring (bicyclic) bond motifs is 2. The number of carbonyl (C=O) groups is 1. The fraction of sp³-hybridized carbons (Fsp3) is 0.909. The van der Waals surface area contributed by atoms with Gasteiger partial charge >= 0.3 is 0 Å². The van der Waals surface area contributed by atoms with Crippen LogP contribution in [0.2, 0.25) is 0 Å². The van der Waals surface area contributed by atoms with Crippen LogP contribution in [0.1, 0.15) is 38.5 Å². The molecule has 3 rings (SSSR count). The third-order valence-corrected chi connectivity index (χ3v) is 4.33. The Balaban J connectivity index is 1.84. The minimum Gasteiger partial charge on any atom is -0.368 e. The Hall–Kier alpha value is -0.570. The Labute approximate surface area is 84.4 Å². The van der Waals surface area contributed by atoms with Gasteiger partial charge in [0.1, 0.15) is 5.54 Å². The second-order valence-corrected chi connectivity index (χ2v) is 5.33. The zero-order chi connectivity index (χ0) is 9.76. The highest BCUT2D eigenvalue weighted by Crippen LogP contribution is 2.51. The van der Waals surface area contributed by atoms with E-state index in [0.717, 1.165) is 12.3 Å². The van der Waals surface area contributed by atoms with E-state index < -0.39 is 0 Å². The number of primary amides is 1. The normalized spacial score (nSPS) is 45.7. The summed E-state index contributed by atoms with van der Waals surface area (Å²) in [7, 11) is 0. The molecule has 0 aromatic carbocycles. The molecule has 3 aliphatic carbocycles. The lowest BCUT2D eigenvalue weighted by atomic mass is 9.80. The molecule has 0 aromatic rings. The number of nitrogens with one attached hydrogen (secondary N) is 1. The van der Waals surface area contributed by atoms with Gasteiger partial charge < -0.3 is 11.1 Å². The molecular weight excluding hydrogens is 176 g/mol. The molecule has 3 fully saturated rings. The van der Waals surface area contributed by atoms with Crippen molar-refractivity contribution in [3.05, 3.63) is 0 Å². The van der Waals surface area contributed by atoms with Gasteiger partial charge in [0.25, 0.3) is 0 Å². The second kappa shape index (κ2) is 2.72. The molecule has 78 valence electrons.